The second kappa shape index (κ2) is 4.76. The lowest BCUT2D eigenvalue weighted by atomic mass is 9.83. The van der Waals surface area contributed by atoms with E-state index in [1.165, 1.54) is 5.56 Å². The highest BCUT2D eigenvalue weighted by Crippen LogP contribution is 2.53. The molecular formula is C15H10Br2O2. The van der Waals surface area contributed by atoms with Crippen LogP contribution in [0.4, 0.5) is 0 Å². The molecule has 0 heterocycles. The van der Waals surface area contributed by atoms with Gasteiger partial charge >= 0.3 is 5.97 Å². The maximum atomic E-state index is 11.4. The van der Waals surface area contributed by atoms with Crippen LogP contribution in [0.3, 0.4) is 0 Å². The normalized spacial score (nSPS) is 20.5. The van der Waals surface area contributed by atoms with Crippen molar-refractivity contribution in [3.05, 3.63) is 59.2 Å². The third-order valence-corrected chi connectivity index (χ3v) is 6.14. The van der Waals surface area contributed by atoms with E-state index in [-0.39, 0.29) is 9.65 Å². The van der Waals surface area contributed by atoms with Gasteiger partial charge in [-0.25, -0.2) is 4.79 Å². The molecule has 1 aliphatic carbocycles. The maximum absolute atomic E-state index is 11.4. The Kier molecular flexibility index (Phi) is 3.23. The van der Waals surface area contributed by atoms with Gasteiger partial charge in [-0.2, -0.15) is 0 Å². The zero-order chi connectivity index (χ0) is 13.6. The molecule has 2 atom stereocenters. The molecule has 19 heavy (non-hydrogen) atoms. The van der Waals surface area contributed by atoms with Gasteiger partial charge in [-0.05, 0) is 28.3 Å². The van der Waals surface area contributed by atoms with Crippen LogP contribution < -0.4 is 0 Å². The Bertz CT molecular complexity index is 667. The molecule has 4 heteroatoms. The fourth-order valence-electron chi connectivity index (χ4n) is 2.57. The van der Waals surface area contributed by atoms with E-state index >= 15 is 0 Å². The lowest BCUT2D eigenvalue weighted by Gasteiger charge is -2.29. The Hall–Kier alpha value is -1.13. The number of rotatable bonds is 1. The van der Waals surface area contributed by atoms with Gasteiger partial charge < -0.3 is 5.11 Å². The summed E-state index contributed by atoms with van der Waals surface area (Å²) in [5.41, 5.74) is 4.47. The summed E-state index contributed by atoms with van der Waals surface area (Å²) >= 11 is 7.30. The molecular weight excluding hydrogens is 372 g/mol. The minimum Gasteiger partial charge on any atom is -0.478 e. The molecule has 96 valence electrons. The maximum Gasteiger partial charge on any atom is 0.336 e. The number of benzene rings is 2. The Morgan fingerprint density at radius 2 is 1.63 bits per heavy atom. The van der Waals surface area contributed by atoms with E-state index in [1.54, 1.807) is 12.1 Å². The first-order chi connectivity index (χ1) is 9.11. The molecule has 0 spiro atoms. The lowest BCUT2D eigenvalue weighted by Crippen LogP contribution is -2.14. The summed E-state index contributed by atoms with van der Waals surface area (Å²) in [4.78, 5) is 11.4. The van der Waals surface area contributed by atoms with E-state index in [0.717, 1.165) is 16.7 Å². The van der Waals surface area contributed by atoms with E-state index in [1.807, 2.05) is 24.3 Å². The first kappa shape index (κ1) is 12.9. The topological polar surface area (TPSA) is 37.3 Å². The number of alkyl halides is 2. The van der Waals surface area contributed by atoms with Crippen LogP contribution in [-0.4, -0.2) is 11.1 Å². The second-order valence-electron chi connectivity index (χ2n) is 4.46. The third-order valence-electron chi connectivity index (χ3n) is 3.42. The molecule has 2 aromatic carbocycles. The number of halogens is 2. The highest BCUT2D eigenvalue weighted by molar-refractivity contribution is 9.12. The summed E-state index contributed by atoms with van der Waals surface area (Å²) in [6.07, 6.45) is 0. The van der Waals surface area contributed by atoms with Crippen LogP contribution in [0, 0.1) is 0 Å². The quantitative estimate of drug-likeness (QED) is 0.710. The zero-order valence-corrected chi connectivity index (χ0v) is 13.0. The molecule has 0 unspecified atom stereocenters. The molecule has 0 aliphatic heterocycles. The molecule has 0 aromatic heterocycles. The third kappa shape index (κ3) is 1.94. The van der Waals surface area contributed by atoms with Crippen LogP contribution >= 0.6 is 31.9 Å². The average Bonchev–Trinajstić information content (AvgIpc) is 2.44. The number of hydrogen-bond donors (Lipinski definition) is 1. The number of carbonyl (C=O) groups is 1. The number of aromatic carboxylic acids is 1. The zero-order valence-electron chi connectivity index (χ0n) is 9.81. The Morgan fingerprint density at radius 1 is 0.947 bits per heavy atom. The lowest BCUT2D eigenvalue weighted by molar-refractivity contribution is 0.0695. The van der Waals surface area contributed by atoms with Crippen LogP contribution in [0.15, 0.2) is 42.5 Å². The average molecular weight is 382 g/mol. The van der Waals surface area contributed by atoms with E-state index in [2.05, 4.69) is 37.9 Å². The van der Waals surface area contributed by atoms with Gasteiger partial charge in [0.1, 0.15) is 0 Å². The number of fused-ring (bicyclic) bond motifs is 3. The SMILES string of the molecule is O=C(O)c1cccc2c1[C@H](Br)[C@H](Br)c1ccccc1-2. The van der Waals surface area contributed by atoms with Crippen molar-refractivity contribution in [1.82, 2.24) is 0 Å². The molecule has 1 aliphatic rings. The van der Waals surface area contributed by atoms with Crippen molar-refractivity contribution in [3.63, 3.8) is 0 Å². The summed E-state index contributed by atoms with van der Waals surface area (Å²) in [6.45, 7) is 0. The number of carboxylic acid groups (broad SMARTS) is 1. The second-order valence-corrected chi connectivity index (χ2v) is 6.44. The largest absolute Gasteiger partial charge is 0.478 e. The van der Waals surface area contributed by atoms with Crippen molar-refractivity contribution in [2.45, 2.75) is 9.65 Å². The van der Waals surface area contributed by atoms with E-state index in [9.17, 15) is 9.90 Å². The molecule has 3 rings (SSSR count). The fourth-order valence-corrected chi connectivity index (χ4v) is 4.01. The summed E-state index contributed by atoms with van der Waals surface area (Å²) in [7, 11) is 0. The number of carboxylic acids is 1. The van der Waals surface area contributed by atoms with E-state index in [4.69, 9.17) is 0 Å². The summed E-state index contributed by atoms with van der Waals surface area (Å²) in [5, 5.41) is 9.36. The van der Waals surface area contributed by atoms with Crippen molar-refractivity contribution in [3.8, 4) is 11.1 Å². The van der Waals surface area contributed by atoms with E-state index in [0.29, 0.717) is 5.56 Å². The predicted molar refractivity (Wildman–Crippen MR) is 82.2 cm³/mol. The molecule has 2 nitrogen and oxygen atoms in total. The predicted octanol–water partition coefficient (Wildman–Crippen LogP) is 4.94. The molecule has 0 amide bonds. The van der Waals surface area contributed by atoms with Gasteiger partial charge in [-0.1, -0.05) is 68.3 Å². The summed E-state index contributed by atoms with van der Waals surface area (Å²) in [6, 6.07) is 13.5. The van der Waals surface area contributed by atoms with Gasteiger partial charge in [0.05, 0.1) is 15.2 Å². The van der Waals surface area contributed by atoms with E-state index < -0.39 is 5.97 Å². The van der Waals surface area contributed by atoms with Crippen molar-refractivity contribution >= 4 is 37.8 Å². The van der Waals surface area contributed by atoms with Crippen LogP contribution in [-0.2, 0) is 0 Å². The van der Waals surface area contributed by atoms with Crippen LogP contribution in [0.25, 0.3) is 11.1 Å². The van der Waals surface area contributed by atoms with Crippen molar-refractivity contribution in [2.24, 2.45) is 0 Å². The smallest absolute Gasteiger partial charge is 0.336 e. The molecule has 1 N–H and O–H groups in total. The summed E-state index contributed by atoms with van der Waals surface area (Å²) < 4.78 is 0. The standard InChI is InChI=1S/C15H10Br2O2/c16-13-10-5-2-1-4-8(10)9-6-3-7-11(15(18)19)12(9)14(13)17/h1-7,13-14H,(H,18,19)/t13-,14+/m1/s1. The van der Waals surface area contributed by atoms with Crippen molar-refractivity contribution in [2.75, 3.05) is 0 Å². The van der Waals surface area contributed by atoms with Gasteiger partial charge in [0.2, 0.25) is 0 Å². The highest BCUT2D eigenvalue weighted by Gasteiger charge is 2.33. The van der Waals surface area contributed by atoms with Crippen molar-refractivity contribution in [1.29, 1.82) is 0 Å². The monoisotopic (exact) mass is 380 g/mol. The van der Waals surface area contributed by atoms with Crippen molar-refractivity contribution < 1.29 is 9.90 Å². The fraction of sp³-hybridized carbons (Fsp3) is 0.133. The van der Waals surface area contributed by atoms with Gasteiger partial charge in [0.15, 0.2) is 0 Å². The van der Waals surface area contributed by atoms with Gasteiger partial charge in [0.25, 0.3) is 0 Å². The minimum absolute atomic E-state index is 0.0512. The first-order valence-corrected chi connectivity index (χ1v) is 7.68. The van der Waals surface area contributed by atoms with Gasteiger partial charge in [-0.3, -0.25) is 0 Å². The highest BCUT2D eigenvalue weighted by atomic mass is 79.9. The molecule has 0 radical (unpaired) electrons. The molecule has 0 bridgehead atoms. The molecule has 0 saturated carbocycles. The molecule has 0 fully saturated rings. The Morgan fingerprint density at radius 3 is 2.37 bits per heavy atom. The number of hydrogen-bond acceptors (Lipinski definition) is 1. The Balaban J connectivity index is 2.36. The minimum atomic E-state index is -0.889. The van der Waals surface area contributed by atoms with Gasteiger partial charge in [-0.15, -0.1) is 0 Å². The first-order valence-electron chi connectivity index (χ1n) is 5.85. The Labute approximate surface area is 127 Å². The summed E-state index contributed by atoms with van der Waals surface area (Å²) in [5.74, 6) is -0.889. The molecule has 2 aromatic rings. The molecule has 0 saturated heterocycles. The van der Waals surface area contributed by atoms with Gasteiger partial charge in [0, 0.05) is 0 Å². The van der Waals surface area contributed by atoms with Crippen LogP contribution in [0.5, 0.6) is 0 Å². The van der Waals surface area contributed by atoms with Crippen LogP contribution in [0.1, 0.15) is 31.1 Å². The van der Waals surface area contributed by atoms with Crippen LogP contribution in [0.2, 0.25) is 0 Å².